The normalized spacial score (nSPS) is 14.2. The second-order valence-corrected chi connectivity index (χ2v) is 4.95. The van der Waals surface area contributed by atoms with Gasteiger partial charge in [0.1, 0.15) is 5.82 Å². The van der Waals surface area contributed by atoms with Crippen LogP contribution in [0.3, 0.4) is 0 Å². The summed E-state index contributed by atoms with van der Waals surface area (Å²) in [7, 11) is 0. The van der Waals surface area contributed by atoms with Gasteiger partial charge in [0.25, 0.3) is 0 Å². The lowest BCUT2D eigenvalue weighted by atomic mass is 10.3. The molecule has 0 aliphatic carbocycles. The van der Waals surface area contributed by atoms with Crippen LogP contribution < -0.4 is 10.6 Å². The summed E-state index contributed by atoms with van der Waals surface area (Å²) in [5.74, 6) is 0.873. The lowest BCUT2D eigenvalue weighted by Gasteiger charge is -2.10. The number of aromatic nitrogens is 2. The predicted molar refractivity (Wildman–Crippen MR) is 86.4 cm³/mol. The van der Waals surface area contributed by atoms with Crippen molar-refractivity contribution in [2.24, 2.45) is 0 Å². The predicted octanol–water partition coefficient (Wildman–Crippen LogP) is 2.56. The van der Waals surface area contributed by atoms with Crippen LogP contribution in [0.15, 0.2) is 36.5 Å². The first kappa shape index (κ1) is 15.8. The van der Waals surface area contributed by atoms with Crippen LogP contribution in [0.4, 0.5) is 5.82 Å². The molecule has 2 N–H and O–H groups in total. The van der Waals surface area contributed by atoms with Crippen LogP contribution in [-0.2, 0) is 4.74 Å². The summed E-state index contributed by atoms with van der Waals surface area (Å²) in [5.41, 5.74) is 0.964. The van der Waals surface area contributed by atoms with Gasteiger partial charge in [-0.2, -0.15) is 5.10 Å². The maximum absolute atomic E-state index is 5.91. The molecule has 3 rings (SSSR count). The Hall–Kier alpha value is -1.56. The molecule has 6 heteroatoms. The summed E-state index contributed by atoms with van der Waals surface area (Å²) >= 11 is 5.91. The molecule has 2 aromatic rings. The van der Waals surface area contributed by atoms with E-state index in [1.807, 2.05) is 43.5 Å². The second-order valence-electron chi connectivity index (χ2n) is 4.52. The van der Waals surface area contributed by atoms with E-state index in [0.717, 1.165) is 44.4 Å². The smallest absolute Gasteiger partial charge is 0.148 e. The molecule has 1 aliphatic heterocycles. The molecule has 0 saturated carbocycles. The van der Waals surface area contributed by atoms with E-state index in [1.165, 1.54) is 0 Å². The molecule has 1 aromatic carbocycles. The summed E-state index contributed by atoms with van der Waals surface area (Å²) in [6, 6.07) is 9.54. The number of ether oxygens (including phenoxy) is 1. The number of nitrogens with one attached hydrogen (secondary N) is 2. The minimum Gasteiger partial charge on any atom is -0.379 e. The third kappa shape index (κ3) is 5.38. The maximum atomic E-state index is 5.91. The van der Waals surface area contributed by atoms with Gasteiger partial charge in [-0.1, -0.05) is 17.7 Å². The van der Waals surface area contributed by atoms with Gasteiger partial charge in [0.2, 0.25) is 0 Å². The Balaban J connectivity index is 0.000000225. The van der Waals surface area contributed by atoms with E-state index < -0.39 is 0 Å². The molecule has 1 fully saturated rings. The van der Waals surface area contributed by atoms with Gasteiger partial charge in [-0.15, -0.1) is 0 Å². The van der Waals surface area contributed by atoms with Crippen molar-refractivity contribution in [1.82, 2.24) is 15.1 Å². The molecule has 1 saturated heterocycles. The molecule has 114 valence electrons. The quantitative estimate of drug-likeness (QED) is 0.915. The number of benzene rings is 1. The standard InChI is InChI=1S/C11H12ClN3.C4H9NO/c1-2-13-11-6-7-15(14-11)10-5-3-4-9(12)8-10;1-3-6-4-2-5-1/h3-8H,2H2,1H3,(H,13,14);5H,1-4H2. The van der Waals surface area contributed by atoms with Gasteiger partial charge < -0.3 is 15.4 Å². The molecular formula is C15H21ClN4O. The number of nitrogens with zero attached hydrogens (tertiary/aromatic N) is 2. The van der Waals surface area contributed by atoms with E-state index in [9.17, 15) is 0 Å². The van der Waals surface area contributed by atoms with Crippen molar-refractivity contribution in [2.45, 2.75) is 6.92 Å². The molecule has 2 heterocycles. The van der Waals surface area contributed by atoms with E-state index in [0.29, 0.717) is 5.02 Å². The van der Waals surface area contributed by atoms with Crippen molar-refractivity contribution in [3.8, 4) is 5.69 Å². The Kier molecular flexibility index (Phi) is 6.53. The Morgan fingerprint density at radius 1 is 1.33 bits per heavy atom. The summed E-state index contributed by atoms with van der Waals surface area (Å²) in [6.07, 6.45) is 1.91. The van der Waals surface area contributed by atoms with Crippen molar-refractivity contribution >= 4 is 17.4 Å². The average molecular weight is 309 g/mol. The van der Waals surface area contributed by atoms with Crippen LogP contribution >= 0.6 is 11.6 Å². The Labute approximate surface area is 130 Å². The summed E-state index contributed by atoms with van der Waals surface area (Å²) in [6.45, 7) is 6.74. The zero-order chi connectivity index (χ0) is 14.9. The van der Waals surface area contributed by atoms with Crippen LogP contribution in [0, 0.1) is 0 Å². The van der Waals surface area contributed by atoms with Gasteiger partial charge in [-0.3, -0.25) is 0 Å². The summed E-state index contributed by atoms with van der Waals surface area (Å²) < 4.78 is 6.80. The molecular weight excluding hydrogens is 288 g/mol. The number of halogens is 1. The minimum atomic E-state index is 0.716. The van der Waals surface area contributed by atoms with Crippen LogP contribution in [0.5, 0.6) is 0 Å². The number of hydrogen-bond acceptors (Lipinski definition) is 4. The highest BCUT2D eigenvalue weighted by atomic mass is 35.5. The third-order valence-electron chi connectivity index (χ3n) is 2.87. The molecule has 0 unspecified atom stereocenters. The van der Waals surface area contributed by atoms with Gasteiger partial charge in [-0.05, 0) is 25.1 Å². The second kappa shape index (κ2) is 8.67. The first-order chi connectivity index (χ1) is 10.3. The van der Waals surface area contributed by atoms with E-state index in [1.54, 1.807) is 4.68 Å². The van der Waals surface area contributed by atoms with Crippen molar-refractivity contribution in [3.05, 3.63) is 41.6 Å². The van der Waals surface area contributed by atoms with E-state index in [-0.39, 0.29) is 0 Å². The van der Waals surface area contributed by atoms with Crippen molar-refractivity contribution in [2.75, 3.05) is 38.2 Å². The first-order valence-electron chi connectivity index (χ1n) is 7.13. The number of anilines is 1. The minimum absolute atomic E-state index is 0.716. The molecule has 0 bridgehead atoms. The van der Waals surface area contributed by atoms with Gasteiger partial charge in [0.15, 0.2) is 0 Å². The van der Waals surface area contributed by atoms with Gasteiger partial charge in [0.05, 0.1) is 18.9 Å². The van der Waals surface area contributed by atoms with Crippen LogP contribution in [0.2, 0.25) is 5.02 Å². The molecule has 21 heavy (non-hydrogen) atoms. The third-order valence-corrected chi connectivity index (χ3v) is 3.10. The number of morpholine rings is 1. The Morgan fingerprint density at radius 3 is 2.71 bits per heavy atom. The lowest BCUT2D eigenvalue weighted by molar-refractivity contribution is 0.109. The van der Waals surface area contributed by atoms with E-state index in [4.69, 9.17) is 16.3 Å². The van der Waals surface area contributed by atoms with Crippen molar-refractivity contribution in [1.29, 1.82) is 0 Å². The Morgan fingerprint density at radius 2 is 2.14 bits per heavy atom. The zero-order valence-electron chi connectivity index (χ0n) is 12.2. The highest BCUT2D eigenvalue weighted by molar-refractivity contribution is 6.30. The number of rotatable bonds is 3. The molecule has 1 aromatic heterocycles. The van der Waals surface area contributed by atoms with E-state index >= 15 is 0 Å². The average Bonchev–Trinajstić information content (AvgIpc) is 2.99. The molecule has 0 spiro atoms. The maximum Gasteiger partial charge on any atom is 0.148 e. The van der Waals surface area contributed by atoms with Crippen molar-refractivity contribution < 1.29 is 4.74 Å². The number of hydrogen-bond donors (Lipinski definition) is 2. The fourth-order valence-corrected chi connectivity index (χ4v) is 2.06. The van der Waals surface area contributed by atoms with E-state index in [2.05, 4.69) is 15.7 Å². The molecule has 0 atom stereocenters. The summed E-state index contributed by atoms with van der Waals surface area (Å²) in [4.78, 5) is 0. The van der Waals surface area contributed by atoms with Gasteiger partial charge >= 0.3 is 0 Å². The summed E-state index contributed by atoms with van der Waals surface area (Å²) in [5, 5.41) is 11.4. The first-order valence-corrected chi connectivity index (χ1v) is 7.51. The lowest BCUT2D eigenvalue weighted by Crippen LogP contribution is -2.30. The largest absolute Gasteiger partial charge is 0.379 e. The SMILES string of the molecule is C1COCCN1.CCNc1ccn(-c2cccc(Cl)c2)n1. The zero-order valence-corrected chi connectivity index (χ0v) is 12.9. The molecule has 0 radical (unpaired) electrons. The topological polar surface area (TPSA) is 51.1 Å². The highest BCUT2D eigenvalue weighted by Gasteiger charge is 2.00. The van der Waals surface area contributed by atoms with Crippen LogP contribution in [0.1, 0.15) is 6.92 Å². The van der Waals surface area contributed by atoms with Crippen LogP contribution in [-0.4, -0.2) is 42.6 Å². The Bertz CT molecular complexity index is 528. The molecule has 0 amide bonds. The van der Waals surface area contributed by atoms with Crippen molar-refractivity contribution in [3.63, 3.8) is 0 Å². The highest BCUT2D eigenvalue weighted by Crippen LogP contribution is 2.15. The fraction of sp³-hybridized carbons (Fsp3) is 0.400. The molecule has 1 aliphatic rings. The fourth-order valence-electron chi connectivity index (χ4n) is 1.88. The monoisotopic (exact) mass is 308 g/mol. The van der Waals surface area contributed by atoms with Gasteiger partial charge in [-0.25, -0.2) is 4.68 Å². The van der Waals surface area contributed by atoms with Crippen LogP contribution in [0.25, 0.3) is 5.69 Å². The van der Waals surface area contributed by atoms with Gasteiger partial charge in [0, 0.05) is 36.9 Å². The molecule has 5 nitrogen and oxygen atoms in total.